The number of hydrogen-bond donors (Lipinski definition) is 0. The maximum Gasteiger partial charge on any atom is 0.266 e. The van der Waals surface area contributed by atoms with Crippen LogP contribution in [0.2, 0.25) is 0 Å². The number of nitrogens with zero attached hydrogens (tertiary/aromatic N) is 1. The molecule has 2 aromatic rings. The number of hydrogen-bond acceptors (Lipinski definition) is 6. The summed E-state index contributed by atoms with van der Waals surface area (Å²) < 4.78 is 18.2. The van der Waals surface area contributed by atoms with Crippen molar-refractivity contribution in [1.29, 1.82) is 0 Å². The van der Waals surface area contributed by atoms with Gasteiger partial charge in [-0.3, -0.25) is 9.69 Å². The summed E-state index contributed by atoms with van der Waals surface area (Å²) in [5.41, 5.74) is 2.28. The topological polar surface area (TPSA) is 48.0 Å². The maximum atomic E-state index is 12.5. The molecule has 0 spiro atoms. The Labute approximate surface area is 212 Å². The van der Waals surface area contributed by atoms with E-state index in [0.717, 1.165) is 17.7 Å². The van der Waals surface area contributed by atoms with Gasteiger partial charge < -0.3 is 14.2 Å². The van der Waals surface area contributed by atoms with Gasteiger partial charge in [-0.25, -0.2) is 0 Å². The first-order chi connectivity index (χ1) is 16.2. The SMILES string of the molecule is CCOc1cc(/C=C2/SC(=S)N(CC)C2=O)ccc1OCCCOc1ccc(C(C)(C)C)cc1. The van der Waals surface area contributed by atoms with E-state index in [-0.39, 0.29) is 11.3 Å². The molecule has 1 saturated heterocycles. The van der Waals surface area contributed by atoms with Gasteiger partial charge in [-0.2, -0.15) is 0 Å². The molecule has 0 atom stereocenters. The number of likely N-dealkylation sites (N-methyl/N-ethyl adjacent to an activating group) is 1. The number of benzene rings is 2. The Kier molecular flexibility index (Phi) is 9.03. The minimum atomic E-state index is -0.0520. The first kappa shape index (κ1) is 26.1. The lowest BCUT2D eigenvalue weighted by Gasteiger charge is -2.19. The number of thioether (sulfide) groups is 1. The molecule has 1 heterocycles. The van der Waals surface area contributed by atoms with Crippen LogP contribution in [0, 0.1) is 0 Å². The van der Waals surface area contributed by atoms with Crippen LogP contribution in [0.3, 0.4) is 0 Å². The van der Waals surface area contributed by atoms with Crippen molar-refractivity contribution in [2.75, 3.05) is 26.4 Å². The Morgan fingerprint density at radius 1 is 0.971 bits per heavy atom. The molecule has 7 heteroatoms. The lowest BCUT2D eigenvalue weighted by molar-refractivity contribution is -0.121. The van der Waals surface area contributed by atoms with Crippen molar-refractivity contribution in [3.8, 4) is 17.2 Å². The Morgan fingerprint density at radius 2 is 1.68 bits per heavy atom. The highest BCUT2D eigenvalue weighted by molar-refractivity contribution is 8.26. The molecule has 0 unspecified atom stereocenters. The van der Waals surface area contributed by atoms with Crippen LogP contribution in [0.15, 0.2) is 47.4 Å². The highest BCUT2D eigenvalue weighted by Crippen LogP contribution is 2.35. The third-order valence-electron chi connectivity index (χ3n) is 5.29. The average molecular weight is 500 g/mol. The zero-order valence-corrected chi connectivity index (χ0v) is 22.2. The number of carbonyl (C=O) groups excluding carboxylic acids is 1. The molecule has 5 nitrogen and oxygen atoms in total. The zero-order chi connectivity index (χ0) is 24.7. The Balaban J connectivity index is 1.55. The minimum absolute atomic E-state index is 0.0520. The molecule has 1 aliphatic heterocycles. The van der Waals surface area contributed by atoms with Crippen molar-refractivity contribution in [1.82, 2.24) is 4.90 Å². The summed E-state index contributed by atoms with van der Waals surface area (Å²) in [4.78, 5) is 14.7. The van der Waals surface area contributed by atoms with Crippen LogP contribution in [-0.4, -0.2) is 41.5 Å². The van der Waals surface area contributed by atoms with Gasteiger partial charge in [0, 0.05) is 13.0 Å². The number of amides is 1. The van der Waals surface area contributed by atoms with Crippen LogP contribution in [0.4, 0.5) is 0 Å². The summed E-state index contributed by atoms with van der Waals surface area (Å²) in [5, 5.41) is 0. The van der Waals surface area contributed by atoms with Crippen molar-refractivity contribution in [3.63, 3.8) is 0 Å². The molecule has 0 N–H and O–H groups in total. The van der Waals surface area contributed by atoms with E-state index in [1.807, 2.05) is 50.3 Å². The molecule has 1 aliphatic rings. The van der Waals surface area contributed by atoms with Gasteiger partial charge in [0.2, 0.25) is 0 Å². The fourth-order valence-corrected chi connectivity index (χ4v) is 4.79. The van der Waals surface area contributed by atoms with Gasteiger partial charge in [-0.15, -0.1) is 0 Å². The molecule has 2 aromatic carbocycles. The number of ether oxygens (including phenoxy) is 3. The first-order valence-corrected chi connectivity index (χ1v) is 12.8. The van der Waals surface area contributed by atoms with Crippen LogP contribution in [-0.2, 0) is 10.2 Å². The average Bonchev–Trinajstić information content (AvgIpc) is 3.06. The summed E-state index contributed by atoms with van der Waals surface area (Å²) in [6.45, 7) is 12.6. The Bertz CT molecular complexity index is 1040. The predicted molar refractivity (Wildman–Crippen MR) is 144 cm³/mol. The third kappa shape index (κ3) is 6.76. The van der Waals surface area contributed by atoms with Gasteiger partial charge in [0.15, 0.2) is 11.5 Å². The molecule has 3 rings (SSSR count). The maximum absolute atomic E-state index is 12.5. The van der Waals surface area contributed by atoms with Gasteiger partial charge in [-0.1, -0.05) is 63.0 Å². The highest BCUT2D eigenvalue weighted by Gasteiger charge is 2.30. The van der Waals surface area contributed by atoms with Crippen molar-refractivity contribution in [2.24, 2.45) is 0 Å². The normalized spacial score (nSPS) is 15.2. The first-order valence-electron chi connectivity index (χ1n) is 11.6. The van der Waals surface area contributed by atoms with Crippen molar-refractivity contribution >= 4 is 40.3 Å². The van der Waals surface area contributed by atoms with E-state index in [4.69, 9.17) is 26.4 Å². The van der Waals surface area contributed by atoms with Crippen LogP contribution in [0.5, 0.6) is 17.2 Å². The Morgan fingerprint density at radius 3 is 2.29 bits per heavy atom. The number of rotatable bonds is 10. The van der Waals surface area contributed by atoms with Crippen molar-refractivity contribution in [3.05, 3.63) is 58.5 Å². The van der Waals surface area contributed by atoms with E-state index >= 15 is 0 Å². The summed E-state index contributed by atoms with van der Waals surface area (Å²) >= 11 is 6.62. The fourth-order valence-electron chi connectivity index (χ4n) is 3.41. The van der Waals surface area contributed by atoms with Crippen molar-refractivity contribution in [2.45, 2.75) is 46.5 Å². The number of thiocarbonyl (C=S) groups is 1. The molecule has 182 valence electrons. The zero-order valence-electron chi connectivity index (χ0n) is 20.6. The molecule has 0 aromatic heterocycles. The second kappa shape index (κ2) is 11.8. The van der Waals surface area contributed by atoms with Crippen LogP contribution >= 0.6 is 24.0 Å². The second-order valence-electron chi connectivity index (χ2n) is 8.89. The lowest BCUT2D eigenvalue weighted by Crippen LogP contribution is -2.27. The molecule has 0 bridgehead atoms. The molecule has 34 heavy (non-hydrogen) atoms. The van der Waals surface area contributed by atoms with Crippen LogP contribution in [0.25, 0.3) is 6.08 Å². The summed E-state index contributed by atoms with van der Waals surface area (Å²) in [5.74, 6) is 2.14. The van der Waals surface area contributed by atoms with E-state index in [2.05, 4.69) is 32.9 Å². The number of carbonyl (C=O) groups is 1. The molecular formula is C27H33NO4S2. The summed E-state index contributed by atoms with van der Waals surface area (Å²) in [7, 11) is 0. The van der Waals surface area contributed by atoms with E-state index in [1.54, 1.807) is 4.90 Å². The standard InChI is InChI=1S/C27H33NO4S2/c1-6-28-25(29)24(34-26(28)33)18-19-9-14-22(23(17-19)30-7-2)32-16-8-15-31-21-12-10-20(11-13-21)27(3,4)5/h9-14,17-18H,6-8,15-16H2,1-5H3/b24-18+. The Hall–Kier alpha value is -2.51. The van der Waals surface area contributed by atoms with E-state index in [0.29, 0.717) is 47.1 Å². The predicted octanol–water partition coefficient (Wildman–Crippen LogP) is 6.45. The third-order valence-corrected chi connectivity index (χ3v) is 6.67. The molecule has 1 amide bonds. The monoisotopic (exact) mass is 499 g/mol. The van der Waals surface area contributed by atoms with Gasteiger partial charge in [0.05, 0.1) is 24.7 Å². The molecular weight excluding hydrogens is 466 g/mol. The summed E-state index contributed by atoms with van der Waals surface area (Å²) in [6, 6.07) is 13.9. The molecule has 1 fully saturated rings. The lowest BCUT2D eigenvalue weighted by atomic mass is 9.87. The van der Waals surface area contributed by atoms with Gasteiger partial charge in [-0.05, 0) is 60.7 Å². The quantitative estimate of drug-likeness (QED) is 0.213. The van der Waals surface area contributed by atoms with Crippen LogP contribution in [0.1, 0.15) is 52.2 Å². The molecule has 0 saturated carbocycles. The second-order valence-corrected chi connectivity index (χ2v) is 10.6. The van der Waals surface area contributed by atoms with E-state index in [9.17, 15) is 4.79 Å². The molecule has 0 aliphatic carbocycles. The van der Waals surface area contributed by atoms with Gasteiger partial charge in [0.1, 0.15) is 10.1 Å². The minimum Gasteiger partial charge on any atom is -0.493 e. The van der Waals surface area contributed by atoms with E-state index < -0.39 is 0 Å². The summed E-state index contributed by atoms with van der Waals surface area (Å²) in [6.07, 6.45) is 2.59. The smallest absolute Gasteiger partial charge is 0.266 e. The molecule has 0 radical (unpaired) electrons. The largest absolute Gasteiger partial charge is 0.493 e. The van der Waals surface area contributed by atoms with E-state index in [1.165, 1.54) is 17.3 Å². The fraction of sp³-hybridized carbons (Fsp3) is 0.407. The highest BCUT2D eigenvalue weighted by atomic mass is 32.2. The van der Waals surface area contributed by atoms with Gasteiger partial charge in [0.25, 0.3) is 5.91 Å². The van der Waals surface area contributed by atoms with Crippen LogP contribution < -0.4 is 14.2 Å². The van der Waals surface area contributed by atoms with Crippen molar-refractivity contribution < 1.29 is 19.0 Å². The van der Waals surface area contributed by atoms with Gasteiger partial charge >= 0.3 is 0 Å².